The maximum Gasteiger partial charge on any atom is 0.302 e. The minimum absolute atomic E-state index is 0.0151. The van der Waals surface area contributed by atoms with E-state index in [0.29, 0.717) is 11.4 Å². The number of para-hydroxylation sites is 1. The van der Waals surface area contributed by atoms with Gasteiger partial charge in [-0.05, 0) is 36.8 Å². The van der Waals surface area contributed by atoms with Crippen LogP contribution in [0.25, 0.3) is 17.1 Å². The Kier molecular flexibility index (Phi) is 4.21. The molecule has 0 spiro atoms. The predicted molar refractivity (Wildman–Crippen MR) is 95.9 cm³/mol. The highest BCUT2D eigenvalue weighted by atomic mass is 19.1. The lowest BCUT2D eigenvalue weighted by molar-refractivity contribution is 0.101. The molecule has 134 valence electrons. The standard InChI is InChI=1S/C19H14FN5O2/c1-12-5-4-9-21-17(12)14-11-27-19(23-14)24-18(26)16-8-10-22-25(16)15-7-3-2-6-13(15)20/h2-11H,1H3,(H,23,24,26). The summed E-state index contributed by atoms with van der Waals surface area (Å²) < 4.78 is 20.6. The Balaban J connectivity index is 1.59. The predicted octanol–water partition coefficient (Wildman–Crippen LogP) is 3.62. The van der Waals surface area contributed by atoms with E-state index < -0.39 is 11.7 Å². The number of benzene rings is 1. The van der Waals surface area contributed by atoms with Gasteiger partial charge in [0.2, 0.25) is 0 Å². The smallest absolute Gasteiger partial charge is 0.302 e. The van der Waals surface area contributed by atoms with E-state index >= 15 is 0 Å². The van der Waals surface area contributed by atoms with E-state index in [2.05, 4.69) is 20.4 Å². The van der Waals surface area contributed by atoms with Gasteiger partial charge in [-0.15, -0.1) is 0 Å². The van der Waals surface area contributed by atoms with Crippen molar-refractivity contribution in [3.8, 4) is 17.1 Å². The highest BCUT2D eigenvalue weighted by Gasteiger charge is 2.18. The lowest BCUT2D eigenvalue weighted by Crippen LogP contribution is -2.17. The van der Waals surface area contributed by atoms with E-state index in [1.54, 1.807) is 18.3 Å². The summed E-state index contributed by atoms with van der Waals surface area (Å²) in [6.45, 7) is 1.90. The summed E-state index contributed by atoms with van der Waals surface area (Å²) in [5, 5.41) is 6.58. The summed E-state index contributed by atoms with van der Waals surface area (Å²) >= 11 is 0. The molecule has 3 heterocycles. The highest BCUT2D eigenvalue weighted by Crippen LogP contribution is 2.22. The Morgan fingerprint density at radius 1 is 1.15 bits per heavy atom. The van der Waals surface area contributed by atoms with Gasteiger partial charge < -0.3 is 4.42 Å². The van der Waals surface area contributed by atoms with Gasteiger partial charge in [0.05, 0.1) is 11.9 Å². The van der Waals surface area contributed by atoms with E-state index in [1.165, 1.54) is 35.3 Å². The van der Waals surface area contributed by atoms with E-state index in [4.69, 9.17) is 4.42 Å². The second kappa shape index (κ2) is 6.83. The normalized spacial score (nSPS) is 10.7. The van der Waals surface area contributed by atoms with Crippen LogP contribution in [0.2, 0.25) is 0 Å². The molecule has 0 aliphatic rings. The molecule has 0 unspecified atom stereocenters. The summed E-state index contributed by atoms with van der Waals surface area (Å²) in [5.74, 6) is -1.01. The molecule has 0 saturated heterocycles. The van der Waals surface area contributed by atoms with Crippen LogP contribution in [-0.2, 0) is 0 Å². The van der Waals surface area contributed by atoms with Gasteiger partial charge in [-0.2, -0.15) is 10.1 Å². The summed E-state index contributed by atoms with van der Waals surface area (Å²) in [6, 6.07) is 11.3. The number of oxazole rings is 1. The molecule has 0 fully saturated rings. The molecule has 27 heavy (non-hydrogen) atoms. The lowest BCUT2D eigenvalue weighted by atomic mass is 10.2. The van der Waals surface area contributed by atoms with Gasteiger partial charge in [0.1, 0.15) is 29.2 Å². The fourth-order valence-electron chi connectivity index (χ4n) is 2.65. The van der Waals surface area contributed by atoms with Crippen molar-refractivity contribution in [3.05, 3.63) is 78.2 Å². The largest absolute Gasteiger partial charge is 0.431 e. The molecule has 8 heteroatoms. The van der Waals surface area contributed by atoms with Gasteiger partial charge in [-0.25, -0.2) is 9.07 Å². The summed E-state index contributed by atoms with van der Waals surface area (Å²) in [5.41, 5.74) is 2.42. The van der Waals surface area contributed by atoms with Gasteiger partial charge in [0, 0.05) is 6.20 Å². The number of aromatic nitrogens is 4. The molecular weight excluding hydrogens is 349 g/mol. The molecule has 0 radical (unpaired) electrons. The second-order valence-electron chi connectivity index (χ2n) is 5.74. The van der Waals surface area contributed by atoms with Crippen LogP contribution in [0.3, 0.4) is 0 Å². The van der Waals surface area contributed by atoms with Crippen LogP contribution in [0.1, 0.15) is 16.1 Å². The lowest BCUT2D eigenvalue weighted by Gasteiger charge is -2.07. The number of nitrogens with zero attached hydrogens (tertiary/aromatic N) is 4. The number of hydrogen-bond acceptors (Lipinski definition) is 5. The van der Waals surface area contributed by atoms with Crippen LogP contribution < -0.4 is 5.32 Å². The van der Waals surface area contributed by atoms with Crippen LogP contribution >= 0.6 is 0 Å². The van der Waals surface area contributed by atoms with Crippen molar-refractivity contribution in [2.75, 3.05) is 5.32 Å². The zero-order chi connectivity index (χ0) is 18.8. The first kappa shape index (κ1) is 16.6. The summed E-state index contributed by atoms with van der Waals surface area (Å²) in [7, 11) is 0. The van der Waals surface area contributed by atoms with Gasteiger partial charge in [0.15, 0.2) is 0 Å². The Morgan fingerprint density at radius 2 is 2.00 bits per heavy atom. The first-order valence-electron chi connectivity index (χ1n) is 8.11. The molecule has 0 saturated carbocycles. The van der Waals surface area contributed by atoms with Crippen molar-refractivity contribution in [3.63, 3.8) is 0 Å². The maximum absolute atomic E-state index is 14.0. The number of pyridine rings is 1. The molecule has 0 aliphatic carbocycles. The Labute approximate surface area is 153 Å². The van der Waals surface area contributed by atoms with Crippen molar-refractivity contribution < 1.29 is 13.6 Å². The van der Waals surface area contributed by atoms with Gasteiger partial charge >= 0.3 is 6.01 Å². The van der Waals surface area contributed by atoms with Crippen molar-refractivity contribution in [1.82, 2.24) is 19.7 Å². The maximum atomic E-state index is 14.0. The minimum Gasteiger partial charge on any atom is -0.431 e. The molecule has 1 aromatic carbocycles. The molecule has 4 aromatic rings. The van der Waals surface area contributed by atoms with E-state index in [1.807, 2.05) is 19.1 Å². The molecule has 3 aromatic heterocycles. The third kappa shape index (κ3) is 3.20. The van der Waals surface area contributed by atoms with Crippen molar-refractivity contribution in [2.24, 2.45) is 0 Å². The van der Waals surface area contributed by atoms with E-state index in [-0.39, 0.29) is 17.4 Å². The average molecular weight is 363 g/mol. The number of halogens is 1. The molecule has 1 N–H and O–H groups in total. The number of carbonyl (C=O) groups is 1. The molecule has 0 atom stereocenters. The minimum atomic E-state index is -0.526. The number of anilines is 1. The Hall–Kier alpha value is -3.81. The molecule has 0 aliphatic heterocycles. The van der Waals surface area contributed by atoms with Gasteiger partial charge in [-0.3, -0.25) is 15.1 Å². The zero-order valence-corrected chi connectivity index (χ0v) is 14.3. The average Bonchev–Trinajstić information content (AvgIpc) is 3.32. The first-order chi connectivity index (χ1) is 13.1. The third-order valence-electron chi connectivity index (χ3n) is 3.93. The van der Waals surface area contributed by atoms with Crippen molar-refractivity contribution in [1.29, 1.82) is 0 Å². The monoisotopic (exact) mass is 363 g/mol. The highest BCUT2D eigenvalue weighted by molar-refractivity contribution is 6.02. The number of carbonyl (C=O) groups excluding carboxylic acids is 1. The molecule has 0 bridgehead atoms. The second-order valence-corrected chi connectivity index (χ2v) is 5.74. The van der Waals surface area contributed by atoms with Crippen LogP contribution in [0.15, 0.2) is 65.5 Å². The number of amides is 1. The molecule has 4 rings (SSSR count). The summed E-state index contributed by atoms with van der Waals surface area (Å²) in [6.07, 6.45) is 4.49. The molecule has 1 amide bonds. The number of aryl methyl sites for hydroxylation is 1. The molecule has 7 nitrogen and oxygen atoms in total. The van der Waals surface area contributed by atoms with Crippen LogP contribution in [0.5, 0.6) is 0 Å². The van der Waals surface area contributed by atoms with Crippen LogP contribution in [0.4, 0.5) is 10.4 Å². The fraction of sp³-hybridized carbons (Fsp3) is 0.0526. The zero-order valence-electron chi connectivity index (χ0n) is 14.3. The van der Waals surface area contributed by atoms with Gasteiger partial charge in [-0.1, -0.05) is 18.2 Å². The van der Waals surface area contributed by atoms with E-state index in [0.717, 1.165) is 5.56 Å². The number of hydrogen-bond donors (Lipinski definition) is 1. The number of rotatable bonds is 4. The fourth-order valence-corrected chi connectivity index (χ4v) is 2.65. The third-order valence-corrected chi connectivity index (χ3v) is 3.93. The van der Waals surface area contributed by atoms with Crippen molar-refractivity contribution >= 4 is 11.9 Å². The van der Waals surface area contributed by atoms with Crippen LogP contribution in [-0.4, -0.2) is 25.7 Å². The van der Waals surface area contributed by atoms with Crippen molar-refractivity contribution in [2.45, 2.75) is 6.92 Å². The van der Waals surface area contributed by atoms with E-state index in [9.17, 15) is 9.18 Å². The Morgan fingerprint density at radius 3 is 2.81 bits per heavy atom. The Bertz CT molecular complexity index is 1120. The summed E-state index contributed by atoms with van der Waals surface area (Å²) in [4.78, 5) is 21.1. The first-order valence-corrected chi connectivity index (χ1v) is 8.11. The van der Waals surface area contributed by atoms with Crippen LogP contribution in [0, 0.1) is 12.7 Å². The quantitative estimate of drug-likeness (QED) is 0.598. The number of nitrogens with one attached hydrogen (secondary N) is 1. The van der Waals surface area contributed by atoms with Gasteiger partial charge in [0.25, 0.3) is 5.91 Å². The SMILES string of the molecule is Cc1cccnc1-c1coc(NC(=O)c2ccnn2-c2ccccc2F)n1. The topological polar surface area (TPSA) is 85.8 Å². The molecular formula is C19H14FN5O2.